The zero-order valence-electron chi connectivity index (χ0n) is 8.34. The number of hydrazone groups is 2. The summed E-state index contributed by atoms with van der Waals surface area (Å²) in [6, 6.07) is 7.85. The molecule has 0 saturated carbocycles. The Morgan fingerprint density at radius 2 is 2.31 bits per heavy atom. The zero-order valence-corrected chi connectivity index (χ0v) is 10.5. The quantitative estimate of drug-likeness (QED) is 0.419. The molecule has 0 bridgehead atoms. The van der Waals surface area contributed by atoms with Crippen molar-refractivity contribution in [3.8, 4) is 0 Å². The van der Waals surface area contributed by atoms with Crippen LogP contribution in [0.3, 0.4) is 0 Å². The number of nitrogens with two attached hydrogens (primary N) is 2. The largest absolute Gasteiger partial charge is 0.303 e. The molecule has 5 N–H and O–H groups in total. The maximum absolute atomic E-state index is 5.72. The number of halogens is 1. The normalized spacial score (nSPS) is 21.8. The summed E-state index contributed by atoms with van der Waals surface area (Å²) < 4.78 is 1.13. The molecule has 2 rings (SSSR count). The first-order chi connectivity index (χ1) is 7.66. The number of nitrogens with zero attached hydrogens (tertiary/aromatic N) is 3. The predicted molar refractivity (Wildman–Crippen MR) is 72.7 cm³/mol. The van der Waals surface area contributed by atoms with E-state index in [0.29, 0.717) is 5.71 Å². The Morgan fingerprint density at radius 3 is 2.94 bits per heavy atom. The highest BCUT2D eigenvalue weighted by molar-refractivity contribution is 14.1. The van der Waals surface area contributed by atoms with Gasteiger partial charge < -0.3 is 5.73 Å². The summed E-state index contributed by atoms with van der Waals surface area (Å²) in [6.07, 6.45) is 1.04. The van der Waals surface area contributed by atoms with Crippen molar-refractivity contribution in [3.63, 3.8) is 0 Å². The Labute approximate surface area is 106 Å². The van der Waals surface area contributed by atoms with Crippen LogP contribution in [-0.4, -0.2) is 23.2 Å². The lowest BCUT2D eigenvalue weighted by Crippen LogP contribution is -2.44. The van der Waals surface area contributed by atoms with Crippen molar-refractivity contribution in [2.45, 2.75) is 6.17 Å². The predicted octanol–water partition coefficient (Wildman–Crippen LogP) is 0.519. The van der Waals surface area contributed by atoms with E-state index in [2.05, 4.69) is 38.2 Å². The molecule has 1 aromatic rings. The molecule has 84 valence electrons. The Bertz CT molecular complexity index is 443. The highest BCUT2D eigenvalue weighted by Crippen LogP contribution is 2.12. The van der Waals surface area contributed by atoms with Crippen molar-refractivity contribution in [2.24, 2.45) is 21.8 Å². The number of hydrogen-bond acceptors (Lipinski definition) is 6. The van der Waals surface area contributed by atoms with Gasteiger partial charge >= 0.3 is 0 Å². The standard InChI is InChI=1S/C9H11IN6/c10-6-2-1-3-7(4-6)14-15-8-5-13-16(12)9(8)11/h1-5,9,14H,11-12H2. The van der Waals surface area contributed by atoms with E-state index in [0.717, 1.165) is 14.4 Å². The smallest absolute Gasteiger partial charge is 0.157 e. The number of nitrogens with one attached hydrogen (secondary N) is 1. The van der Waals surface area contributed by atoms with Gasteiger partial charge in [-0.3, -0.25) is 5.43 Å². The summed E-state index contributed by atoms with van der Waals surface area (Å²) >= 11 is 2.23. The molecule has 1 atom stereocenters. The second-order valence-corrected chi connectivity index (χ2v) is 4.47. The average molecular weight is 330 g/mol. The molecule has 1 aromatic carbocycles. The maximum Gasteiger partial charge on any atom is 0.157 e. The molecular weight excluding hydrogens is 319 g/mol. The topological polar surface area (TPSA) is 92.0 Å². The van der Waals surface area contributed by atoms with Crippen LogP contribution in [-0.2, 0) is 0 Å². The van der Waals surface area contributed by atoms with Crippen molar-refractivity contribution in [1.82, 2.24) is 5.12 Å². The van der Waals surface area contributed by atoms with Gasteiger partial charge in [0.15, 0.2) is 6.17 Å². The van der Waals surface area contributed by atoms with Crippen LogP contribution in [0.25, 0.3) is 0 Å². The first-order valence-electron chi connectivity index (χ1n) is 4.59. The van der Waals surface area contributed by atoms with Crippen LogP contribution in [0, 0.1) is 3.57 Å². The fourth-order valence-corrected chi connectivity index (χ4v) is 1.73. The molecule has 0 fully saturated rings. The molecule has 1 aliphatic rings. The number of rotatable bonds is 2. The Kier molecular flexibility index (Phi) is 3.36. The molecule has 0 spiro atoms. The number of hydrogen-bond donors (Lipinski definition) is 3. The monoisotopic (exact) mass is 330 g/mol. The second-order valence-electron chi connectivity index (χ2n) is 3.23. The lowest BCUT2D eigenvalue weighted by molar-refractivity contribution is 0.280. The van der Waals surface area contributed by atoms with Gasteiger partial charge in [0.25, 0.3) is 0 Å². The van der Waals surface area contributed by atoms with Crippen LogP contribution >= 0.6 is 22.6 Å². The molecule has 0 aromatic heterocycles. The molecule has 1 heterocycles. The molecule has 1 aliphatic heterocycles. The van der Waals surface area contributed by atoms with Gasteiger partial charge in [0.05, 0.1) is 11.9 Å². The van der Waals surface area contributed by atoms with Crippen LogP contribution in [0.15, 0.2) is 34.5 Å². The highest BCUT2D eigenvalue weighted by atomic mass is 127. The van der Waals surface area contributed by atoms with Crippen molar-refractivity contribution in [3.05, 3.63) is 27.8 Å². The molecule has 1 unspecified atom stereocenters. The summed E-state index contributed by atoms with van der Waals surface area (Å²) in [5.74, 6) is 5.46. The number of benzene rings is 1. The van der Waals surface area contributed by atoms with Crippen LogP contribution < -0.4 is 17.0 Å². The van der Waals surface area contributed by atoms with Crippen molar-refractivity contribution >= 4 is 40.2 Å². The summed E-state index contributed by atoms with van der Waals surface area (Å²) in [4.78, 5) is 0. The summed E-state index contributed by atoms with van der Waals surface area (Å²) in [5, 5.41) is 9.11. The van der Waals surface area contributed by atoms with Gasteiger partial charge in [0.2, 0.25) is 0 Å². The third-order valence-corrected chi connectivity index (χ3v) is 2.72. The summed E-state index contributed by atoms with van der Waals surface area (Å²) in [6.45, 7) is 0. The molecule has 0 aliphatic carbocycles. The van der Waals surface area contributed by atoms with Gasteiger partial charge in [0, 0.05) is 3.57 Å². The van der Waals surface area contributed by atoms with Gasteiger partial charge in [-0.05, 0) is 40.8 Å². The van der Waals surface area contributed by atoms with Crippen molar-refractivity contribution < 1.29 is 0 Å². The maximum atomic E-state index is 5.72. The van der Waals surface area contributed by atoms with E-state index >= 15 is 0 Å². The SMILES string of the molecule is NC1C(=NNc2cccc(I)c2)C=NN1N. The second kappa shape index (κ2) is 4.76. The number of anilines is 1. The van der Waals surface area contributed by atoms with E-state index in [9.17, 15) is 0 Å². The van der Waals surface area contributed by atoms with Crippen LogP contribution in [0.4, 0.5) is 5.69 Å². The van der Waals surface area contributed by atoms with Crippen LogP contribution in [0.1, 0.15) is 0 Å². The molecule has 16 heavy (non-hydrogen) atoms. The lowest BCUT2D eigenvalue weighted by atomic mass is 10.3. The van der Waals surface area contributed by atoms with Crippen molar-refractivity contribution in [2.75, 3.05) is 5.43 Å². The Balaban J connectivity index is 2.07. The zero-order chi connectivity index (χ0) is 11.5. The van der Waals surface area contributed by atoms with Gasteiger partial charge in [-0.2, -0.15) is 10.2 Å². The molecular formula is C9H11IN6. The van der Waals surface area contributed by atoms with Gasteiger partial charge in [-0.1, -0.05) is 6.07 Å². The third-order valence-electron chi connectivity index (χ3n) is 2.05. The highest BCUT2D eigenvalue weighted by Gasteiger charge is 2.20. The van der Waals surface area contributed by atoms with E-state index in [1.807, 2.05) is 24.3 Å². The van der Waals surface area contributed by atoms with Crippen LogP contribution in [0.2, 0.25) is 0 Å². The first-order valence-corrected chi connectivity index (χ1v) is 5.67. The van der Waals surface area contributed by atoms with Gasteiger partial charge in [0.1, 0.15) is 5.71 Å². The van der Waals surface area contributed by atoms with Crippen LogP contribution in [0.5, 0.6) is 0 Å². The molecule has 6 nitrogen and oxygen atoms in total. The average Bonchev–Trinajstić information content (AvgIpc) is 2.57. The molecule has 0 radical (unpaired) electrons. The Morgan fingerprint density at radius 1 is 1.50 bits per heavy atom. The van der Waals surface area contributed by atoms with E-state index < -0.39 is 6.17 Å². The molecule has 0 amide bonds. The minimum atomic E-state index is -0.490. The fraction of sp³-hybridized carbons (Fsp3) is 0.111. The lowest BCUT2D eigenvalue weighted by Gasteiger charge is -2.12. The fourth-order valence-electron chi connectivity index (χ4n) is 1.19. The van der Waals surface area contributed by atoms with Crippen molar-refractivity contribution in [1.29, 1.82) is 0 Å². The minimum Gasteiger partial charge on any atom is -0.303 e. The summed E-state index contributed by atoms with van der Waals surface area (Å²) in [7, 11) is 0. The van der Waals surface area contributed by atoms with Gasteiger partial charge in [-0.15, -0.1) is 0 Å². The molecule has 0 saturated heterocycles. The van der Waals surface area contributed by atoms with E-state index in [4.69, 9.17) is 11.6 Å². The van der Waals surface area contributed by atoms with Gasteiger partial charge in [-0.25, -0.2) is 11.0 Å². The minimum absolute atomic E-state index is 0.490. The third kappa shape index (κ3) is 2.49. The summed E-state index contributed by atoms with van der Waals surface area (Å²) in [5.41, 5.74) is 10.1. The first kappa shape index (κ1) is 11.3. The van der Waals surface area contributed by atoms with E-state index in [1.165, 1.54) is 6.21 Å². The number of hydrazine groups is 1. The molecule has 7 heteroatoms. The van der Waals surface area contributed by atoms with E-state index in [1.54, 1.807) is 0 Å². The van der Waals surface area contributed by atoms with E-state index in [-0.39, 0.29) is 0 Å². The Hall–Kier alpha value is -1.19.